The third-order valence-electron chi connectivity index (χ3n) is 4.39. The number of ether oxygens (including phenoxy) is 2. The lowest BCUT2D eigenvalue weighted by Crippen LogP contribution is -2.34. The summed E-state index contributed by atoms with van der Waals surface area (Å²) in [7, 11) is 0. The predicted octanol–water partition coefficient (Wildman–Crippen LogP) is 0.284. The summed E-state index contributed by atoms with van der Waals surface area (Å²) in [6, 6.07) is 0. The van der Waals surface area contributed by atoms with Crippen LogP contribution in [0.1, 0.15) is 32.1 Å². The molecule has 0 saturated carbocycles. The first-order valence-electron chi connectivity index (χ1n) is 9.32. The zero-order valence-corrected chi connectivity index (χ0v) is 15.3. The molecule has 0 radical (unpaired) electrons. The maximum absolute atomic E-state index is 11.6. The first kappa shape index (κ1) is 20.4. The van der Waals surface area contributed by atoms with E-state index in [2.05, 4.69) is 5.32 Å². The zero-order chi connectivity index (χ0) is 18.6. The summed E-state index contributed by atoms with van der Waals surface area (Å²) < 4.78 is 10.6. The molecule has 0 atom stereocenters. The molecule has 0 unspecified atom stereocenters. The number of nitrogens with one attached hydrogen (secondary N) is 1. The maximum Gasteiger partial charge on any atom is 0.243 e. The van der Waals surface area contributed by atoms with Gasteiger partial charge in [0.2, 0.25) is 17.7 Å². The van der Waals surface area contributed by atoms with Gasteiger partial charge in [-0.25, -0.2) is 0 Å². The molecule has 8 nitrogen and oxygen atoms in total. The zero-order valence-electron chi connectivity index (χ0n) is 15.3. The fraction of sp³-hybridized carbons (Fsp3) is 0.722. The van der Waals surface area contributed by atoms with E-state index in [1.165, 1.54) is 6.08 Å². The Morgan fingerprint density at radius 2 is 1.65 bits per heavy atom. The van der Waals surface area contributed by atoms with Crippen LogP contribution in [-0.4, -0.2) is 80.3 Å². The molecule has 26 heavy (non-hydrogen) atoms. The van der Waals surface area contributed by atoms with Gasteiger partial charge in [0, 0.05) is 45.6 Å². The van der Waals surface area contributed by atoms with E-state index in [1.54, 1.807) is 15.9 Å². The van der Waals surface area contributed by atoms with Crippen molar-refractivity contribution in [1.29, 1.82) is 0 Å². The van der Waals surface area contributed by atoms with Crippen molar-refractivity contribution in [2.45, 2.75) is 32.1 Å². The highest BCUT2D eigenvalue weighted by Gasteiger charge is 2.19. The molecule has 0 aliphatic carbocycles. The molecule has 2 saturated heterocycles. The number of amides is 3. The first-order valence-corrected chi connectivity index (χ1v) is 9.32. The smallest absolute Gasteiger partial charge is 0.243 e. The quantitative estimate of drug-likeness (QED) is 0.304. The Balaban J connectivity index is 1.38. The summed E-state index contributed by atoms with van der Waals surface area (Å²) in [5.74, 6) is 0.203. The van der Waals surface area contributed by atoms with E-state index in [-0.39, 0.29) is 24.5 Å². The largest absolute Gasteiger partial charge is 0.355 e. The Hall–Kier alpha value is -1.93. The summed E-state index contributed by atoms with van der Waals surface area (Å²) in [5.41, 5.74) is 0. The molecular weight excluding hydrogens is 338 g/mol. The van der Waals surface area contributed by atoms with Crippen LogP contribution in [0.15, 0.2) is 12.2 Å². The van der Waals surface area contributed by atoms with E-state index in [0.717, 1.165) is 25.9 Å². The van der Waals surface area contributed by atoms with E-state index >= 15 is 0 Å². The second-order valence-corrected chi connectivity index (χ2v) is 6.39. The minimum absolute atomic E-state index is 0.164. The number of rotatable bonds is 12. The van der Waals surface area contributed by atoms with Crippen LogP contribution in [0.5, 0.6) is 0 Å². The second kappa shape index (κ2) is 11.6. The van der Waals surface area contributed by atoms with Gasteiger partial charge in [0.05, 0.1) is 13.2 Å². The van der Waals surface area contributed by atoms with Gasteiger partial charge in [0.25, 0.3) is 0 Å². The van der Waals surface area contributed by atoms with Crippen LogP contribution in [0.2, 0.25) is 0 Å². The first-order chi connectivity index (χ1) is 12.7. The highest BCUT2D eigenvalue weighted by molar-refractivity contribution is 5.87. The second-order valence-electron chi connectivity index (χ2n) is 6.39. The topological polar surface area (TPSA) is 88.2 Å². The molecule has 2 aliphatic heterocycles. The van der Waals surface area contributed by atoms with Crippen molar-refractivity contribution >= 4 is 17.7 Å². The molecule has 2 heterocycles. The number of nitrogens with zero attached hydrogens (tertiary/aromatic N) is 2. The van der Waals surface area contributed by atoms with Crippen molar-refractivity contribution in [2.75, 3.05) is 52.7 Å². The van der Waals surface area contributed by atoms with Gasteiger partial charge in [0.15, 0.2) is 0 Å². The fourth-order valence-corrected chi connectivity index (χ4v) is 2.95. The van der Waals surface area contributed by atoms with Crippen LogP contribution in [0.4, 0.5) is 0 Å². The normalized spacial score (nSPS) is 17.7. The Bertz CT molecular complexity index is 509. The maximum atomic E-state index is 11.6. The standard InChI is InChI=1S/C18H29N3O5/c22-16(19-8-11-20-9-3-6-17(20)23)5-1-2-13-25-15-26-14-12-21-10-4-7-18(21)24/h1,5H,2-4,6-15H2,(H,19,22)/b5-1-. The molecule has 0 aromatic rings. The number of carbonyl (C=O) groups excluding carboxylic acids is 3. The van der Waals surface area contributed by atoms with E-state index in [9.17, 15) is 14.4 Å². The Kier molecular flexibility index (Phi) is 9.13. The molecule has 146 valence electrons. The molecule has 3 amide bonds. The van der Waals surface area contributed by atoms with Gasteiger partial charge in [-0.3, -0.25) is 14.4 Å². The summed E-state index contributed by atoms with van der Waals surface area (Å²) >= 11 is 0. The van der Waals surface area contributed by atoms with Gasteiger partial charge >= 0.3 is 0 Å². The fourth-order valence-electron chi connectivity index (χ4n) is 2.95. The number of carbonyl (C=O) groups is 3. The molecule has 2 aliphatic rings. The molecule has 8 heteroatoms. The lowest BCUT2D eigenvalue weighted by atomic mass is 10.4. The molecule has 2 fully saturated rings. The van der Waals surface area contributed by atoms with E-state index in [0.29, 0.717) is 52.1 Å². The van der Waals surface area contributed by atoms with Gasteiger partial charge in [0.1, 0.15) is 6.79 Å². The third-order valence-corrected chi connectivity index (χ3v) is 4.39. The Morgan fingerprint density at radius 3 is 2.31 bits per heavy atom. The molecule has 0 aromatic heterocycles. The van der Waals surface area contributed by atoms with Crippen molar-refractivity contribution in [3.8, 4) is 0 Å². The van der Waals surface area contributed by atoms with Gasteiger partial charge in [-0.1, -0.05) is 6.08 Å². The van der Waals surface area contributed by atoms with Crippen molar-refractivity contribution in [1.82, 2.24) is 15.1 Å². The Morgan fingerprint density at radius 1 is 1.00 bits per heavy atom. The number of hydrogen-bond donors (Lipinski definition) is 1. The summed E-state index contributed by atoms with van der Waals surface area (Å²) in [4.78, 5) is 38.0. The van der Waals surface area contributed by atoms with Crippen molar-refractivity contribution < 1.29 is 23.9 Å². The highest BCUT2D eigenvalue weighted by atomic mass is 16.7. The molecule has 1 N–H and O–H groups in total. The minimum atomic E-state index is -0.164. The third kappa shape index (κ3) is 7.53. The van der Waals surface area contributed by atoms with Crippen LogP contribution in [0.25, 0.3) is 0 Å². The van der Waals surface area contributed by atoms with Crippen molar-refractivity contribution in [2.24, 2.45) is 0 Å². The van der Waals surface area contributed by atoms with Crippen LogP contribution in [-0.2, 0) is 23.9 Å². The number of likely N-dealkylation sites (tertiary alicyclic amines) is 2. The summed E-state index contributed by atoms with van der Waals surface area (Å²) in [6.45, 7) is 4.40. The molecular formula is C18H29N3O5. The monoisotopic (exact) mass is 367 g/mol. The van der Waals surface area contributed by atoms with E-state index in [1.807, 2.05) is 0 Å². The highest BCUT2D eigenvalue weighted by Crippen LogP contribution is 2.08. The summed E-state index contributed by atoms with van der Waals surface area (Å²) in [5, 5.41) is 2.76. The van der Waals surface area contributed by atoms with Gasteiger partial charge < -0.3 is 24.6 Å². The number of hydrogen-bond acceptors (Lipinski definition) is 5. The van der Waals surface area contributed by atoms with E-state index in [4.69, 9.17) is 9.47 Å². The Labute approximate surface area is 154 Å². The minimum Gasteiger partial charge on any atom is -0.355 e. The molecule has 0 aromatic carbocycles. The van der Waals surface area contributed by atoms with Crippen LogP contribution in [0, 0.1) is 0 Å². The van der Waals surface area contributed by atoms with Gasteiger partial charge in [-0.15, -0.1) is 0 Å². The summed E-state index contributed by atoms with van der Waals surface area (Å²) in [6.07, 6.45) is 6.96. The molecule has 0 spiro atoms. The van der Waals surface area contributed by atoms with Gasteiger partial charge in [-0.2, -0.15) is 0 Å². The van der Waals surface area contributed by atoms with E-state index < -0.39 is 0 Å². The molecule has 2 rings (SSSR count). The lowest BCUT2D eigenvalue weighted by molar-refractivity contribution is -0.129. The average Bonchev–Trinajstić information content (AvgIpc) is 3.22. The molecule has 0 bridgehead atoms. The van der Waals surface area contributed by atoms with Gasteiger partial charge in [-0.05, 0) is 25.3 Å². The van der Waals surface area contributed by atoms with Crippen LogP contribution < -0.4 is 5.32 Å². The lowest BCUT2D eigenvalue weighted by Gasteiger charge is -2.15. The van der Waals surface area contributed by atoms with Crippen molar-refractivity contribution in [3.63, 3.8) is 0 Å². The average molecular weight is 367 g/mol. The van der Waals surface area contributed by atoms with Crippen LogP contribution >= 0.6 is 0 Å². The predicted molar refractivity (Wildman–Crippen MR) is 95.2 cm³/mol. The van der Waals surface area contributed by atoms with Crippen LogP contribution in [0.3, 0.4) is 0 Å². The van der Waals surface area contributed by atoms with Crippen molar-refractivity contribution in [3.05, 3.63) is 12.2 Å². The SMILES string of the molecule is O=C(/C=C\CCOCOCCN1CCCC1=O)NCCN1CCCC1=O.